The van der Waals surface area contributed by atoms with Gasteiger partial charge in [0.05, 0.1) is 44.3 Å². The monoisotopic (exact) mass is 712 g/mol. The summed E-state index contributed by atoms with van der Waals surface area (Å²) in [6.07, 6.45) is 0. The third-order valence-corrected chi connectivity index (χ3v) is 11.5. The Bertz CT molecular complexity index is 3510. The van der Waals surface area contributed by atoms with Crippen LogP contribution < -0.4 is 0 Å². The van der Waals surface area contributed by atoms with Crippen molar-refractivity contribution in [3.8, 4) is 33.8 Å². The number of aromatic nitrogens is 4. The Morgan fingerprint density at radius 1 is 0.321 bits per heavy atom. The van der Waals surface area contributed by atoms with Crippen molar-refractivity contribution in [3.63, 3.8) is 0 Å². The van der Waals surface area contributed by atoms with Gasteiger partial charge in [0.15, 0.2) is 0 Å². The molecular formula is C52H32N4. The molecular weight excluding hydrogens is 681 g/mol. The van der Waals surface area contributed by atoms with Crippen LogP contribution in [0.5, 0.6) is 0 Å². The van der Waals surface area contributed by atoms with Crippen LogP contribution in [0, 0.1) is 0 Å². The number of hydrogen-bond donors (Lipinski definition) is 0. The molecule has 0 unspecified atom stereocenters. The molecule has 4 nitrogen and oxygen atoms in total. The van der Waals surface area contributed by atoms with E-state index in [-0.39, 0.29) is 0 Å². The van der Waals surface area contributed by atoms with E-state index in [2.05, 4.69) is 203 Å². The Balaban J connectivity index is 1.07. The van der Waals surface area contributed by atoms with Gasteiger partial charge in [-0.05, 0) is 54.1 Å². The molecule has 0 aliphatic rings. The van der Waals surface area contributed by atoms with Crippen LogP contribution in [0.4, 0.5) is 0 Å². The minimum absolute atomic E-state index is 0.908. The maximum Gasteiger partial charge on any atom is 0.0978 e. The smallest absolute Gasteiger partial charge is 0.0978 e. The van der Waals surface area contributed by atoms with Crippen LogP contribution in [0.1, 0.15) is 0 Å². The van der Waals surface area contributed by atoms with E-state index in [9.17, 15) is 0 Å². The van der Waals surface area contributed by atoms with Crippen LogP contribution >= 0.6 is 0 Å². The van der Waals surface area contributed by atoms with Crippen molar-refractivity contribution >= 4 is 76.3 Å². The Morgan fingerprint density at radius 2 is 0.857 bits per heavy atom. The van der Waals surface area contributed by atoms with Gasteiger partial charge in [0.25, 0.3) is 0 Å². The van der Waals surface area contributed by atoms with Crippen molar-refractivity contribution in [2.24, 2.45) is 0 Å². The number of rotatable bonds is 4. The van der Waals surface area contributed by atoms with E-state index >= 15 is 0 Å². The second-order valence-corrected chi connectivity index (χ2v) is 14.5. The van der Waals surface area contributed by atoms with Gasteiger partial charge >= 0.3 is 0 Å². The number of nitrogens with zero attached hydrogens (tertiary/aromatic N) is 4. The van der Waals surface area contributed by atoms with Crippen LogP contribution in [0.2, 0.25) is 0 Å². The first-order valence-corrected chi connectivity index (χ1v) is 19.1. The average Bonchev–Trinajstić information content (AvgIpc) is 3.79. The van der Waals surface area contributed by atoms with E-state index in [1.54, 1.807) is 0 Å². The SMILES string of the molecule is c1ccc(-c2c3ccccc3nc3c2ccc2ccc(-c4ccc(-n5c6ccccc6c6ccc7c8ccccc8n(-c8ccccc8)c7c65)cc4)nc23)cc1. The third kappa shape index (κ3) is 4.47. The normalized spacial score (nSPS) is 11.9. The van der Waals surface area contributed by atoms with E-state index in [0.29, 0.717) is 0 Å². The Kier molecular flexibility index (Phi) is 6.60. The zero-order valence-corrected chi connectivity index (χ0v) is 30.3. The molecule has 8 aromatic carbocycles. The molecule has 4 heterocycles. The molecule has 56 heavy (non-hydrogen) atoms. The Morgan fingerprint density at radius 3 is 1.54 bits per heavy atom. The molecule has 0 aliphatic heterocycles. The molecule has 0 amide bonds. The van der Waals surface area contributed by atoms with Crippen LogP contribution in [-0.4, -0.2) is 19.1 Å². The number of fused-ring (bicyclic) bond motifs is 11. The molecule has 12 aromatic rings. The summed E-state index contributed by atoms with van der Waals surface area (Å²) in [5.41, 5.74) is 14.1. The number of para-hydroxylation sites is 4. The first-order chi connectivity index (χ1) is 27.8. The van der Waals surface area contributed by atoms with Gasteiger partial charge in [-0.25, -0.2) is 9.97 Å². The van der Waals surface area contributed by atoms with Crippen LogP contribution in [-0.2, 0) is 0 Å². The van der Waals surface area contributed by atoms with Crippen molar-refractivity contribution in [1.82, 2.24) is 19.1 Å². The molecule has 0 spiro atoms. The predicted molar refractivity (Wildman–Crippen MR) is 234 cm³/mol. The lowest BCUT2D eigenvalue weighted by Gasteiger charge is -2.14. The molecule has 0 fully saturated rings. The molecule has 4 heteroatoms. The first kappa shape index (κ1) is 30.9. The highest BCUT2D eigenvalue weighted by Crippen LogP contribution is 2.42. The standard InChI is InChI=1S/C52H32N4/c1-3-13-34(14-4-1)48-42-19-7-10-20-45(42)54-50-43(48)29-25-35-26-32-44(53-49(35)50)33-23-27-37(28-24-33)56-47-22-12-9-18-39(47)41-31-30-40-38-17-8-11-21-46(38)55(51(40)52(41)56)36-15-5-2-6-16-36/h1-32H. The fourth-order valence-corrected chi connectivity index (χ4v) is 9.01. The van der Waals surface area contributed by atoms with E-state index in [1.807, 2.05) is 0 Å². The molecule has 0 atom stereocenters. The zero-order valence-electron chi connectivity index (χ0n) is 30.3. The summed E-state index contributed by atoms with van der Waals surface area (Å²) in [6.45, 7) is 0. The minimum atomic E-state index is 0.908. The van der Waals surface area contributed by atoms with Gasteiger partial charge in [-0.15, -0.1) is 0 Å². The van der Waals surface area contributed by atoms with Crippen LogP contribution in [0.25, 0.3) is 110 Å². The van der Waals surface area contributed by atoms with Gasteiger partial charge in [0.1, 0.15) is 0 Å². The Labute approximate surface area is 322 Å². The van der Waals surface area contributed by atoms with Crippen molar-refractivity contribution in [2.45, 2.75) is 0 Å². The number of hydrogen-bond acceptors (Lipinski definition) is 2. The van der Waals surface area contributed by atoms with Crippen molar-refractivity contribution in [2.75, 3.05) is 0 Å². The highest BCUT2D eigenvalue weighted by atomic mass is 15.0. The van der Waals surface area contributed by atoms with Crippen molar-refractivity contribution in [3.05, 3.63) is 194 Å². The largest absolute Gasteiger partial charge is 0.307 e. The lowest BCUT2D eigenvalue weighted by Crippen LogP contribution is -1.98. The average molecular weight is 713 g/mol. The summed E-state index contributed by atoms with van der Waals surface area (Å²) < 4.78 is 4.87. The van der Waals surface area contributed by atoms with E-state index in [1.165, 1.54) is 54.7 Å². The Hall–Kier alpha value is -7.56. The molecule has 260 valence electrons. The minimum Gasteiger partial charge on any atom is -0.307 e. The molecule has 0 saturated carbocycles. The highest BCUT2D eigenvalue weighted by Gasteiger charge is 2.21. The van der Waals surface area contributed by atoms with Crippen molar-refractivity contribution in [1.29, 1.82) is 0 Å². The molecule has 0 aliphatic carbocycles. The maximum absolute atomic E-state index is 5.35. The number of pyridine rings is 2. The van der Waals surface area contributed by atoms with E-state index < -0.39 is 0 Å². The second-order valence-electron chi connectivity index (χ2n) is 14.5. The second kappa shape index (κ2) is 12.0. The van der Waals surface area contributed by atoms with Gasteiger partial charge in [-0.3, -0.25) is 0 Å². The predicted octanol–water partition coefficient (Wildman–Crippen LogP) is 13.5. The lowest BCUT2D eigenvalue weighted by molar-refractivity contribution is 1.15. The zero-order chi connectivity index (χ0) is 36.7. The fraction of sp³-hybridized carbons (Fsp3) is 0. The van der Waals surface area contributed by atoms with Gasteiger partial charge in [-0.2, -0.15) is 0 Å². The quantitative estimate of drug-likeness (QED) is 0.135. The molecule has 0 saturated heterocycles. The van der Waals surface area contributed by atoms with Gasteiger partial charge < -0.3 is 9.13 Å². The molecule has 0 bridgehead atoms. The fourth-order valence-electron chi connectivity index (χ4n) is 9.01. The summed E-state index contributed by atoms with van der Waals surface area (Å²) in [4.78, 5) is 10.6. The number of benzene rings is 8. The summed E-state index contributed by atoms with van der Waals surface area (Å²) >= 11 is 0. The molecule has 0 N–H and O–H groups in total. The first-order valence-electron chi connectivity index (χ1n) is 19.1. The van der Waals surface area contributed by atoms with E-state index in [0.717, 1.165) is 55.3 Å². The van der Waals surface area contributed by atoms with E-state index in [4.69, 9.17) is 9.97 Å². The maximum atomic E-state index is 5.35. The van der Waals surface area contributed by atoms with Crippen molar-refractivity contribution < 1.29 is 0 Å². The van der Waals surface area contributed by atoms with Crippen LogP contribution in [0.15, 0.2) is 194 Å². The summed E-state index contributed by atoms with van der Waals surface area (Å²) in [5, 5.41) is 8.27. The summed E-state index contributed by atoms with van der Waals surface area (Å²) in [7, 11) is 0. The lowest BCUT2D eigenvalue weighted by atomic mass is 9.95. The topological polar surface area (TPSA) is 35.6 Å². The van der Waals surface area contributed by atoms with Gasteiger partial charge in [-0.1, -0.05) is 146 Å². The van der Waals surface area contributed by atoms with Crippen LogP contribution in [0.3, 0.4) is 0 Å². The molecule has 0 radical (unpaired) electrons. The van der Waals surface area contributed by atoms with Gasteiger partial charge in [0.2, 0.25) is 0 Å². The molecule has 4 aromatic heterocycles. The summed E-state index contributed by atoms with van der Waals surface area (Å²) in [6, 6.07) is 69.5. The third-order valence-electron chi connectivity index (χ3n) is 11.5. The molecule has 12 rings (SSSR count). The summed E-state index contributed by atoms with van der Waals surface area (Å²) in [5.74, 6) is 0. The van der Waals surface area contributed by atoms with Gasteiger partial charge in [0, 0.05) is 60.2 Å². The highest BCUT2D eigenvalue weighted by molar-refractivity contribution is 6.24.